The van der Waals surface area contributed by atoms with E-state index in [9.17, 15) is 5.11 Å². The molecular weight excluding hydrogens is 290 g/mol. The predicted octanol–water partition coefficient (Wildman–Crippen LogP) is 2.78. The van der Waals surface area contributed by atoms with Gasteiger partial charge in [-0.05, 0) is 44.0 Å². The summed E-state index contributed by atoms with van der Waals surface area (Å²) in [7, 11) is 1.68. The van der Waals surface area contributed by atoms with Gasteiger partial charge in [0.25, 0.3) is 0 Å². The monoisotopic (exact) mass is 315 g/mol. The lowest BCUT2D eigenvalue weighted by Gasteiger charge is -2.24. The van der Waals surface area contributed by atoms with Crippen LogP contribution >= 0.6 is 0 Å². The summed E-state index contributed by atoms with van der Waals surface area (Å²) in [5.74, 6) is 0.855. The minimum Gasteiger partial charge on any atom is -0.497 e. The molecule has 0 amide bonds. The lowest BCUT2D eigenvalue weighted by Crippen LogP contribution is -2.24. The molecule has 2 aromatic rings. The van der Waals surface area contributed by atoms with Crippen LogP contribution in [0.3, 0.4) is 0 Å². The standard InChI is InChI=1S/C18H25N3O2/c1-13(2)21-8-7-15(19-21)11-20-12-16(22)10-18(20)14-5-4-6-17(9-14)23-3/h4-9,13,16,18,22H,10-12H2,1-3H3/t16-,18-/m1/s1. The molecule has 1 fully saturated rings. The van der Waals surface area contributed by atoms with E-state index < -0.39 is 0 Å². The van der Waals surface area contributed by atoms with E-state index in [1.807, 2.05) is 23.0 Å². The Bertz CT molecular complexity index is 653. The van der Waals surface area contributed by atoms with Gasteiger partial charge >= 0.3 is 0 Å². The van der Waals surface area contributed by atoms with E-state index in [-0.39, 0.29) is 12.1 Å². The van der Waals surface area contributed by atoms with Crippen molar-refractivity contribution in [3.05, 3.63) is 47.8 Å². The van der Waals surface area contributed by atoms with Crippen molar-refractivity contribution >= 4 is 0 Å². The SMILES string of the molecule is COc1cccc([C@H]2C[C@@H](O)CN2Cc2ccn(C(C)C)n2)c1. The third kappa shape index (κ3) is 3.57. The summed E-state index contributed by atoms with van der Waals surface area (Å²) in [6, 6.07) is 10.7. The highest BCUT2D eigenvalue weighted by molar-refractivity contribution is 5.31. The molecule has 5 nitrogen and oxygen atoms in total. The fourth-order valence-corrected chi connectivity index (χ4v) is 3.21. The van der Waals surface area contributed by atoms with Gasteiger partial charge in [-0.1, -0.05) is 12.1 Å². The minimum absolute atomic E-state index is 0.198. The number of nitrogens with zero attached hydrogens (tertiary/aromatic N) is 3. The Kier molecular flexibility index (Phi) is 4.68. The first-order chi connectivity index (χ1) is 11.1. The third-order valence-electron chi connectivity index (χ3n) is 4.42. The Morgan fingerprint density at radius 1 is 1.35 bits per heavy atom. The van der Waals surface area contributed by atoms with E-state index in [1.165, 1.54) is 5.56 Å². The number of β-amino-alcohol motifs (C(OH)–C–C–N with tert-alkyl or cyclic N) is 1. The molecule has 0 unspecified atom stereocenters. The van der Waals surface area contributed by atoms with Gasteiger partial charge in [0, 0.05) is 31.4 Å². The van der Waals surface area contributed by atoms with Crippen molar-refractivity contribution in [3.8, 4) is 5.75 Å². The second kappa shape index (κ2) is 6.72. The molecule has 1 N–H and O–H groups in total. The number of rotatable bonds is 5. The first-order valence-corrected chi connectivity index (χ1v) is 8.17. The summed E-state index contributed by atoms with van der Waals surface area (Å²) in [6.45, 7) is 5.67. The van der Waals surface area contributed by atoms with Crippen LogP contribution in [0.2, 0.25) is 0 Å². The van der Waals surface area contributed by atoms with Gasteiger partial charge in [-0.2, -0.15) is 5.10 Å². The summed E-state index contributed by atoms with van der Waals surface area (Å²) >= 11 is 0. The summed E-state index contributed by atoms with van der Waals surface area (Å²) in [5.41, 5.74) is 2.23. The Morgan fingerprint density at radius 3 is 2.87 bits per heavy atom. The van der Waals surface area contributed by atoms with E-state index in [0.29, 0.717) is 12.6 Å². The van der Waals surface area contributed by atoms with Gasteiger partial charge in [0.1, 0.15) is 5.75 Å². The van der Waals surface area contributed by atoms with Crippen LogP contribution in [0, 0.1) is 0 Å². The molecule has 0 aliphatic carbocycles. The van der Waals surface area contributed by atoms with Crippen molar-refractivity contribution in [2.24, 2.45) is 0 Å². The van der Waals surface area contributed by atoms with Crippen LogP contribution in [0.1, 0.15) is 43.6 Å². The number of methoxy groups -OCH3 is 1. The van der Waals surface area contributed by atoms with Gasteiger partial charge in [0.15, 0.2) is 0 Å². The number of aromatic nitrogens is 2. The molecule has 0 spiro atoms. The number of aliphatic hydroxyl groups is 1. The molecule has 124 valence electrons. The van der Waals surface area contributed by atoms with Crippen molar-refractivity contribution in [1.29, 1.82) is 0 Å². The van der Waals surface area contributed by atoms with E-state index in [4.69, 9.17) is 4.74 Å². The summed E-state index contributed by atoms with van der Waals surface area (Å²) in [4.78, 5) is 2.30. The van der Waals surface area contributed by atoms with Gasteiger partial charge in [-0.3, -0.25) is 9.58 Å². The van der Waals surface area contributed by atoms with Crippen LogP contribution in [0.5, 0.6) is 5.75 Å². The average molecular weight is 315 g/mol. The Balaban J connectivity index is 1.78. The highest BCUT2D eigenvalue weighted by Gasteiger charge is 2.32. The summed E-state index contributed by atoms with van der Waals surface area (Å²) in [6.07, 6.45) is 2.48. The lowest BCUT2D eigenvalue weighted by molar-refractivity contribution is 0.172. The minimum atomic E-state index is -0.293. The van der Waals surface area contributed by atoms with Gasteiger partial charge in [0.2, 0.25) is 0 Å². The smallest absolute Gasteiger partial charge is 0.119 e. The maximum Gasteiger partial charge on any atom is 0.119 e. The summed E-state index contributed by atoms with van der Waals surface area (Å²) in [5, 5.41) is 14.8. The lowest BCUT2D eigenvalue weighted by atomic mass is 10.0. The first-order valence-electron chi connectivity index (χ1n) is 8.17. The highest BCUT2D eigenvalue weighted by atomic mass is 16.5. The number of hydrogen-bond acceptors (Lipinski definition) is 4. The van der Waals surface area contributed by atoms with E-state index in [0.717, 1.165) is 24.4 Å². The average Bonchev–Trinajstić information content (AvgIpc) is 3.14. The molecule has 0 radical (unpaired) electrons. The first kappa shape index (κ1) is 16.0. The highest BCUT2D eigenvalue weighted by Crippen LogP contribution is 2.34. The van der Waals surface area contributed by atoms with Crippen LogP contribution in [-0.2, 0) is 6.54 Å². The van der Waals surface area contributed by atoms with Crippen LogP contribution in [0.15, 0.2) is 36.5 Å². The third-order valence-corrected chi connectivity index (χ3v) is 4.42. The van der Waals surface area contributed by atoms with Crippen molar-refractivity contribution < 1.29 is 9.84 Å². The molecule has 2 heterocycles. The molecule has 2 atom stereocenters. The zero-order valence-electron chi connectivity index (χ0n) is 14.0. The molecule has 1 aliphatic rings. The molecule has 5 heteroatoms. The Hall–Kier alpha value is -1.85. The van der Waals surface area contributed by atoms with E-state index in [2.05, 4.69) is 42.0 Å². The van der Waals surface area contributed by atoms with Crippen molar-refractivity contribution in [3.63, 3.8) is 0 Å². The molecule has 1 aliphatic heterocycles. The second-order valence-corrected chi connectivity index (χ2v) is 6.49. The Morgan fingerprint density at radius 2 is 2.17 bits per heavy atom. The van der Waals surface area contributed by atoms with Crippen LogP contribution in [-0.4, -0.2) is 39.5 Å². The molecule has 1 aromatic carbocycles. The van der Waals surface area contributed by atoms with Gasteiger partial charge in [-0.15, -0.1) is 0 Å². The van der Waals surface area contributed by atoms with Crippen molar-refractivity contribution in [2.75, 3.05) is 13.7 Å². The van der Waals surface area contributed by atoms with Gasteiger partial charge in [0.05, 0.1) is 18.9 Å². The Labute approximate surface area is 137 Å². The number of hydrogen-bond donors (Lipinski definition) is 1. The predicted molar refractivity (Wildman–Crippen MR) is 89.4 cm³/mol. The molecular formula is C18H25N3O2. The number of ether oxygens (including phenoxy) is 1. The van der Waals surface area contributed by atoms with Crippen molar-refractivity contribution in [2.45, 2.75) is 45.0 Å². The molecule has 3 rings (SSSR count). The fraction of sp³-hybridized carbons (Fsp3) is 0.500. The zero-order valence-corrected chi connectivity index (χ0v) is 14.0. The van der Waals surface area contributed by atoms with Crippen molar-refractivity contribution in [1.82, 2.24) is 14.7 Å². The maximum absolute atomic E-state index is 10.1. The number of aliphatic hydroxyl groups excluding tert-OH is 1. The quantitative estimate of drug-likeness (QED) is 0.922. The number of likely N-dealkylation sites (tertiary alicyclic amines) is 1. The van der Waals surface area contributed by atoms with Gasteiger partial charge < -0.3 is 9.84 Å². The second-order valence-electron chi connectivity index (χ2n) is 6.49. The molecule has 1 saturated heterocycles. The van der Waals surface area contributed by atoms with Crippen LogP contribution in [0.4, 0.5) is 0 Å². The zero-order chi connectivity index (χ0) is 16.4. The topological polar surface area (TPSA) is 50.5 Å². The maximum atomic E-state index is 10.1. The number of benzene rings is 1. The van der Waals surface area contributed by atoms with Crippen LogP contribution in [0.25, 0.3) is 0 Å². The summed E-state index contributed by atoms with van der Waals surface area (Å²) < 4.78 is 7.30. The largest absolute Gasteiger partial charge is 0.497 e. The normalized spacial score (nSPS) is 22.0. The van der Waals surface area contributed by atoms with E-state index in [1.54, 1.807) is 7.11 Å². The molecule has 0 saturated carbocycles. The fourth-order valence-electron chi connectivity index (χ4n) is 3.21. The van der Waals surface area contributed by atoms with Gasteiger partial charge in [-0.25, -0.2) is 0 Å². The molecule has 23 heavy (non-hydrogen) atoms. The molecule has 0 bridgehead atoms. The van der Waals surface area contributed by atoms with Crippen LogP contribution < -0.4 is 4.74 Å². The van der Waals surface area contributed by atoms with E-state index >= 15 is 0 Å². The molecule has 1 aromatic heterocycles.